The molecular formula is C16H16N2. The van der Waals surface area contributed by atoms with E-state index >= 15 is 0 Å². The van der Waals surface area contributed by atoms with Gasteiger partial charge in [-0.25, -0.2) is 0 Å². The molecule has 0 aliphatic rings. The maximum absolute atomic E-state index is 9.15. The van der Waals surface area contributed by atoms with Crippen molar-refractivity contribution in [1.29, 1.82) is 5.26 Å². The van der Waals surface area contributed by atoms with E-state index in [0.29, 0.717) is 0 Å². The number of aryl methyl sites for hydroxylation is 1. The molecule has 90 valence electrons. The molecule has 0 amide bonds. The van der Waals surface area contributed by atoms with E-state index in [1.165, 1.54) is 5.56 Å². The van der Waals surface area contributed by atoms with Gasteiger partial charge in [0.1, 0.15) is 6.04 Å². The zero-order valence-corrected chi connectivity index (χ0v) is 10.2. The molecule has 1 N–H and O–H groups in total. The normalized spacial score (nSPS) is 11.5. The first-order valence-corrected chi connectivity index (χ1v) is 6.13. The monoisotopic (exact) mass is 236 g/mol. The number of rotatable bonds is 5. The van der Waals surface area contributed by atoms with Crippen molar-refractivity contribution >= 4 is 5.69 Å². The SMILES string of the molecule is N#CC(CCc1ccccc1)Nc1ccccc1. The van der Waals surface area contributed by atoms with Crippen LogP contribution >= 0.6 is 0 Å². The fourth-order valence-electron chi connectivity index (χ4n) is 1.86. The van der Waals surface area contributed by atoms with Gasteiger partial charge in [0, 0.05) is 5.69 Å². The number of hydrogen-bond donors (Lipinski definition) is 1. The number of nitrogens with zero attached hydrogens (tertiary/aromatic N) is 1. The van der Waals surface area contributed by atoms with Gasteiger partial charge in [0.25, 0.3) is 0 Å². The molecule has 0 radical (unpaired) electrons. The summed E-state index contributed by atoms with van der Waals surface area (Å²) in [6.45, 7) is 0. The molecule has 0 fully saturated rings. The summed E-state index contributed by atoms with van der Waals surface area (Å²) in [5, 5.41) is 12.4. The summed E-state index contributed by atoms with van der Waals surface area (Å²) < 4.78 is 0. The molecule has 2 aromatic rings. The third-order valence-corrected chi connectivity index (χ3v) is 2.84. The molecule has 0 saturated heterocycles. The molecule has 0 saturated carbocycles. The Morgan fingerprint density at radius 3 is 2.17 bits per heavy atom. The predicted molar refractivity (Wildman–Crippen MR) is 74.2 cm³/mol. The molecule has 0 aromatic heterocycles. The van der Waals surface area contributed by atoms with Crippen LogP contribution in [0.15, 0.2) is 60.7 Å². The highest BCUT2D eigenvalue weighted by Gasteiger charge is 2.06. The summed E-state index contributed by atoms with van der Waals surface area (Å²) in [5.41, 5.74) is 2.27. The molecule has 2 rings (SSSR count). The van der Waals surface area contributed by atoms with Gasteiger partial charge < -0.3 is 5.32 Å². The van der Waals surface area contributed by atoms with Crippen LogP contribution < -0.4 is 5.32 Å². The second kappa shape index (κ2) is 6.46. The van der Waals surface area contributed by atoms with Gasteiger partial charge in [-0.2, -0.15) is 5.26 Å². The first-order valence-electron chi connectivity index (χ1n) is 6.13. The van der Waals surface area contributed by atoms with Crippen LogP contribution in [-0.2, 0) is 6.42 Å². The molecule has 0 bridgehead atoms. The molecule has 18 heavy (non-hydrogen) atoms. The smallest absolute Gasteiger partial charge is 0.114 e. The van der Waals surface area contributed by atoms with Crippen molar-refractivity contribution in [2.45, 2.75) is 18.9 Å². The molecule has 0 heterocycles. The van der Waals surface area contributed by atoms with E-state index < -0.39 is 0 Å². The highest BCUT2D eigenvalue weighted by atomic mass is 14.9. The van der Waals surface area contributed by atoms with Crippen LogP contribution in [0.4, 0.5) is 5.69 Å². The Labute approximate surface area is 108 Å². The summed E-state index contributed by atoms with van der Waals surface area (Å²) in [6, 6.07) is 22.3. The molecule has 0 aliphatic heterocycles. The largest absolute Gasteiger partial charge is 0.370 e. The standard InChI is InChI=1S/C16H16N2/c17-13-16(18-15-9-5-2-6-10-15)12-11-14-7-3-1-4-8-14/h1-10,16,18H,11-12H2. The van der Waals surface area contributed by atoms with Gasteiger partial charge >= 0.3 is 0 Å². The van der Waals surface area contributed by atoms with Crippen LogP contribution in [0.2, 0.25) is 0 Å². The lowest BCUT2D eigenvalue weighted by molar-refractivity contribution is 0.769. The Morgan fingerprint density at radius 1 is 0.944 bits per heavy atom. The van der Waals surface area contributed by atoms with Crippen LogP contribution in [0.5, 0.6) is 0 Å². The Hall–Kier alpha value is -2.27. The topological polar surface area (TPSA) is 35.8 Å². The average Bonchev–Trinajstić information content (AvgIpc) is 2.45. The van der Waals surface area contributed by atoms with Gasteiger partial charge in [-0.3, -0.25) is 0 Å². The minimum Gasteiger partial charge on any atom is -0.370 e. The number of benzene rings is 2. The van der Waals surface area contributed by atoms with Gasteiger partial charge in [0.05, 0.1) is 6.07 Å². The minimum absolute atomic E-state index is 0.146. The number of anilines is 1. The van der Waals surface area contributed by atoms with Crippen LogP contribution in [0.25, 0.3) is 0 Å². The summed E-state index contributed by atoms with van der Waals surface area (Å²) in [4.78, 5) is 0. The number of hydrogen-bond acceptors (Lipinski definition) is 2. The molecule has 2 nitrogen and oxygen atoms in total. The lowest BCUT2D eigenvalue weighted by Gasteiger charge is -2.12. The van der Waals surface area contributed by atoms with Gasteiger partial charge in [-0.1, -0.05) is 48.5 Å². The van der Waals surface area contributed by atoms with E-state index in [1.807, 2.05) is 48.5 Å². The Kier molecular flexibility index (Phi) is 4.38. The molecule has 0 spiro atoms. The molecule has 1 unspecified atom stereocenters. The van der Waals surface area contributed by atoms with Crippen LogP contribution in [0.3, 0.4) is 0 Å². The van der Waals surface area contributed by atoms with Crippen LogP contribution in [0, 0.1) is 11.3 Å². The van der Waals surface area contributed by atoms with Gasteiger partial charge in [-0.05, 0) is 30.5 Å². The molecule has 0 aliphatic carbocycles. The zero-order chi connectivity index (χ0) is 12.6. The fraction of sp³-hybridized carbons (Fsp3) is 0.188. The molecule has 2 heteroatoms. The van der Waals surface area contributed by atoms with E-state index in [9.17, 15) is 0 Å². The quantitative estimate of drug-likeness (QED) is 0.860. The van der Waals surface area contributed by atoms with Crippen LogP contribution in [-0.4, -0.2) is 6.04 Å². The van der Waals surface area contributed by atoms with Crippen molar-refractivity contribution in [2.24, 2.45) is 0 Å². The van der Waals surface area contributed by atoms with Crippen molar-refractivity contribution in [3.8, 4) is 6.07 Å². The van der Waals surface area contributed by atoms with Gasteiger partial charge in [0.2, 0.25) is 0 Å². The Balaban J connectivity index is 1.89. The van der Waals surface area contributed by atoms with Gasteiger partial charge in [-0.15, -0.1) is 0 Å². The number of nitriles is 1. The predicted octanol–water partition coefficient (Wildman–Crippen LogP) is 3.62. The third kappa shape index (κ3) is 3.64. The van der Waals surface area contributed by atoms with Crippen molar-refractivity contribution in [2.75, 3.05) is 5.32 Å². The first-order chi connectivity index (χ1) is 8.88. The Morgan fingerprint density at radius 2 is 1.56 bits per heavy atom. The maximum Gasteiger partial charge on any atom is 0.114 e. The average molecular weight is 236 g/mol. The van der Waals surface area contributed by atoms with Crippen molar-refractivity contribution < 1.29 is 0 Å². The molecular weight excluding hydrogens is 220 g/mol. The van der Waals surface area contributed by atoms with Crippen molar-refractivity contribution in [1.82, 2.24) is 0 Å². The second-order valence-corrected chi connectivity index (χ2v) is 4.22. The van der Waals surface area contributed by atoms with Crippen LogP contribution in [0.1, 0.15) is 12.0 Å². The molecule has 2 aromatic carbocycles. The summed E-state index contributed by atoms with van der Waals surface area (Å²) in [5.74, 6) is 0. The zero-order valence-electron chi connectivity index (χ0n) is 10.2. The maximum atomic E-state index is 9.15. The van der Waals surface area contributed by atoms with E-state index in [0.717, 1.165) is 18.5 Å². The summed E-state index contributed by atoms with van der Waals surface area (Å²) >= 11 is 0. The lowest BCUT2D eigenvalue weighted by Crippen LogP contribution is -2.17. The van der Waals surface area contributed by atoms with E-state index in [-0.39, 0.29) is 6.04 Å². The van der Waals surface area contributed by atoms with Gasteiger partial charge in [0.15, 0.2) is 0 Å². The number of nitrogens with one attached hydrogen (secondary N) is 1. The Bertz CT molecular complexity index is 500. The third-order valence-electron chi connectivity index (χ3n) is 2.84. The van der Waals surface area contributed by atoms with E-state index in [1.54, 1.807) is 0 Å². The first kappa shape index (κ1) is 12.2. The minimum atomic E-state index is -0.146. The van der Waals surface area contributed by atoms with Crippen molar-refractivity contribution in [3.63, 3.8) is 0 Å². The fourth-order valence-corrected chi connectivity index (χ4v) is 1.86. The highest BCUT2D eigenvalue weighted by molar-refractivity contribution is 5.44. The lowest BCUT2D eigenvalue weighted by atomic mass is 10.1. The summed E-state index contributed by atoms with van der Waals surface area (Å²) in [6.07, 6.45) is 1.73. The van der Waals surface area contributed by atoms with Crippen molar-refractivity contribution in [3.05, 3.63) is 66.2 Å². The summed E-state index contributed by atoms with van der Waals surface area (Å²) in [7, 11) is 0. The number of para-hydroxylation sites is 1. The highest BCUT2D eigenvalue weighted by Crippen LogP contribution is 2.11. The molecule has 1 atom stereocenters. The van der Waals surface area contributed by atoms with E-state index in [2.05, 4.69) is 23.5 Å². The second-order valence-electron chi connectivity index (χ2n) is 4.22. The van der Waals surface area contributed by atoms with E-state index in [4.69, 9.17) is 5.26 Å².